The maximum Gasteiger partial charge on any atom is 0.246 e. The molecule has 2 unspecified atom stereocenters. The number of ether oxygens (including phenoxy) is 1. The van der Waals surface area contributed by atoms with Gasteiger partial charge in [0.25, 0.3) is 0 Å². The zero-order chi connectivity index (χ0) is 20.5. The largest absolute Gasteiger partial charge is 0.497 e. The smallest absolute Gasteiger partial charge is 0.246 e. The monoisotopic (exact) mass is 413 g/mol. The van der Waals surface area contributed by atoms with Crippen molar-refractivity contribution < 1.29 is 19.1 Å². The number of carbonyl (C=O) groups excluding carboxylic acids is 3. The Labute approximate surface area is 173 Å². The number of thiazole rings is 1. The minimum atomic E-state index is -0.402. The van der Waals surface area contributed by atoms with Crippen LogP contribution in [0.4, 0.5) is 5.13 Å². The zero-order valence-corrected chi connectivity index (χ0v) is 17.3. The lowest BCUT2D eigenvalue weighted by Crippen LogP contribution is -2.38. The molecule has 7 nitrogen and oxygen atoms in total. The van der Waals surface area contributed by atoms with Crippen molar-refractivity contribution in [3.63, 3.8) is 0 Å². The van der Waals surface area contributed by atoms with Gasteiger partial charge in [-0.15, -0.1) is 11.3 Å². The highest BCUT2D eigenvalue weighted by Gasteiger charge is 2.48. The Morgan fingerprint density at radius 3 is 2.38 bits per heavy atom. The Morgan fingerprint density at radius 2 is 1.79 bits per heavy atom. The number of nitrogens with zero attached hydrogens (tertiary/aromatic N) is 2. The van der Waals surface area contributed by atoms with E-state index in [1.54, 1.807) is 7.11 Å². The van der Waals surface area contributed by atoms with Gasteiger partial charge in [0, 0.05) is 10.4 Å². The van der Waals surface area contributed by atoms with E-state index < -0.39 is 5.91 Å². The first-order chi connectivity index (χ1) is 14.0. The molecule has 1 saturated heterocycles. The Bertz CT molecular complexity index is 929. The standard InChI is InChI=1S/C21H23N3O4S/c1-12-18(13-7-9-14(28-2)10-8-13)23-21(29-12)22-17(25)11-24-19(26)15-5-3-4-6-16(15)20(24)27/h7-10,15-16H,3-6,11H2,1-2H3,(H,22,23,25). The van der Waals surface area contributed by atoms with Gasteiger partial charge in [-0.05, 0) is 44.0 Å². The van der Waals surface area contributed by atoms with E-state index >= 15 is 0 Å². The molecule has 0 bridgehead atoms. The SMILES string of the molecule is COc1ccc(-c2nc(NC(=O)CN3C(=O)C4CCCCC4C3=O)sc2C)cc1. The topological polar surface area (TPSA) is 88.6 Å². The van der Waals surface area contributed by atoms with Crippen molar-refractivity contribution in [2.75, 3.05) is 19.0 Å². The predicted molar refractivity (Wildman–Crippen MR) is 110 cm³/mol. The number of hydrogen-bond acceptors (Lipinski definition) is 6. The second-order valence-electron chi connectivity index (χ2n) is 7.46. The van der Waals surface area contributed by atoms with E-state index in [2.05, 4.69) is 10.3 Å². The van der Waals surface area contributed by atoms with E-state index in [0.29, 0.717) is 5.13 Å². The van der Waals surface area contributed by atoms with E-state index in [9.17, 15) is 14.4 Å². The number of hydrogen-bond donors (Lipinski definition) is 1. The molecule has 152 valence electrons. The molecule has 29 heavy (non-hydrogen) atoms. The first-order valence-electron chi connectivity index (χ1n) is 9.75. The summed E-state index contributed by atoms with van der Waals surface area (Å²) in [6.07, 6.45) is 3.41. The maximum atomic E-state index is 12.5. The minimum absolute atomic E-state index is 0.205. The number of methoxy groups -OCH3 is 1. The lowest BCUT2D eigenvalue weighted by atomic mass is 9.81. The number of nitrogens with one attached hydrogen (secondary N) is 1. The van der Waals surface area contributed by atoms with Crippen molar-refractivity contribution in [1.29, 1.82) is 0 Å². The van der Waals surface area contributed by atoms with Crippen LogP contribution < -0.4 is 10.1 Å². The van der Waals surface area contributed by atoms with E-state index in [4.69, 9.17) is 4.74 Å². The molecule has 2 fully saturated rings. The summed E-state index contributed by atoms with van der Waals surface area (Å²) < 4.78 is 5.17. The summed E-state index contributed by atoms with van der Waals surface area (Å²) >= 11 is 1.36. The van der Waals surface area contributed by atoms with Gasteiger partial charge < -0.3 is 10.1 Å². The fourth-order valence-corrected chi connectivity index (χ4v) is 5.01. The normalized spacial score (nSPS) is 21.2. The number of amides is 3. The first-order valence-corrected chi connectivity index (χ1v) is 10.6. The molecule has 1 aliphatic carbocycles. The third kappa shape index (κ3) is 3.76. The van der Waals surface area contributed by atoms with Crippen LogP contribution in [-0.4, -0.2) is 41.3 Å². The van der Waals surface area contributed by atoms with Crippen molar-refractivity contribution >= 4 is 34.2 Å². The third-order valence-corrected chi connectivity index (χ3v) is 6.53. The van der Waals surface area contributed by atoms with Crippen LogP contribution in [0.5, 0.6) is 5.75 Å². The Hall–Kier alpha value is -2.74. The van der Waals surface area contributed by atoms with E-state index in [0.717, 1.165) is 52.5 Å². The molecule has 3 amide bonds. The van der Waals surface area contributed by atoms with Crippen LogP contribution in [0.2, 0.25) is 0 Å². The maximum absolute atomic E-state index is 12.5. The van der Waals surface area contributed by atoms with E-state index in [1.165, 1.54) is 11.3 Å². The summed E-state index contributed by atoms with van der Waals surface area (Å²) in [6.45, 7) is 1.69. The first kappa shape index (κ1) is 19.6. The van der Waals surface area contributed by atoms with Crippen LogP contribution in [0, 0.1) is 18.8 Å². The molecule has 2 heterocycles. The molecule has 0 spiro atoms. The van der Waals surface area contributed by atoms with Crippen molar-refractivity contribution in [1.82, 2.24) is 9.88 Å². The summed E-state index contributed by atoms with van der Waals surface area (Å²) in [6, 6.07) is 7.54. The predicted octanol–water partition coefficient (Wildman–Crippen LogP) is 3.24. The average Bonchev–Trinajstić information content (AvgIpc) is 3.21. The molecule has 8 heteroatoms. The van der Waals surface area contributed by atoms with Crippen molar-refractivity contribution in [3.8, 4) is 17.0 Å². The molecule has 1 aromatic heterocycles. The average molecular weight is 413 g/mol. The number of rotatable bonds is 5. The molecular formula is C21H23N3O4S. The van der Waals surface area contributed by atoms with E-state index in [1.807, 2.05) is 31.2 Å². The summed E-state index contributed by atoms with van der Waals surface area (Å²) in [7, 11) is 1.61. The minimum Gasteiger partial charge on any atom is -0.497 e. The molecule has 1 N–H and O–H groups in total. The molecule has 0 radical (unpaired) electrons. The summed E-state index contributed by atoms with van der Waals surface area (Å²) in [5.74, 6) is -0.537. The van der Waals surface area contributed by atoms with Gasteiger partial charge in [0.05, 0.1) is 24.6 Å². The van der Waals surface area contributed by atoms with Crippen LogP contribution in [0.3, 0.4) is 0 Å². The molecular weight excluding hydrogens is 390 g/mol. The van der Waals surface area contributed by atoms with Gasteiger partial charge in [0.2, 0.25) is 17.7 Å². The number of benzene rings is 1. The van der Waals surface area contributed by atoms with Gasteiger partial charge in [-0.25, -0.2) is 4.98 Å². The van der Waals surface area contributed by atoms with Gasteiger partial charge in [0.15, 0.2) is 5.13 Å². The van der Waals surface area contributed by atoms with Crippen molar-refractivity contribution in [2.24, 2.45) is 11.8 Å². The fraction of sp³-hybridized carbons (Fsp3) is 0.429. The highest BCUT2D eigenvalue weighted by molar-refractivity contribution is 7.16. The molecule has 1 saturated carbocycles. The highest BCUT2D eigenvalue weighted by atomic mass is 32.1. The number of anilines is 1. The Balaban J connectivity index is 1.44. The fourth-order valence-electron chi connectivity index (χ4n) is 4.16. The van der Waals surface area contributed by atoms with Crippen molar-refractivity contribution in [3.05, 3.63) is 29.1 Å². The van der Waals surface area contributed by atoms with E-state index in [-0.39, 0.29) is 30.2 Å². The number of fused-ring (bicyclic) bond motifs is 1. The zero-order valence-electron chi connectivity index (χ0n) is 16.4. The summed E-state index contributed by atoms with van der Waals surface area (Å²) in [5.41, 5.74) is 1.71. The number of imide groups is 1. The molecule has 1 aromatic carbocycles. The summed E-state index contributed by atoms with van der Waals surface area (Å²) in [5, 5.41) is 3.20. The van der Waals surface area contributed by atoms with Gasteiger partial charge in [0.1, 0.15) is 12.3 Å². The number of likely N-dealkylation sites (tertiary alicyclic amines) is 1. The molecule has 2 aromatic rings. The van der Waals surface area contributed by atoms with Gasteiger partial charge in [-0.3, -0.25) is 19.3 Å². The molecule has 1 aliphatic heterocycles. The van der Waals surface area contributed by atoms with Gasteiger partial charge in [-0.1, -0.05) is 12.8 Å². The van der Waals surface area contributed by atoms with Crippen LogP contribution in [0.25, 0.3) is 11.3 Å². The number of aromatic nitrogens is 1. The second kappa shape index (κ2) is 7.94. The number of aryl methyl sites for hydroxylation is 1. The van der Waals surface area contributed by atoms with Crippen LogP contribution in [0.15, 0.2) is 24.3 Å². The van der Waals surface area contributed by atoms with Gasteiger partial charge >= 0.3 is 0 Å². The van der Waals surface area contributed by atoms with Crippen LogP contribution in [-0.2, 0) is 14.4 Å². The van der Waals surface area contributed by atoms with Gasteiger partial charge in [-0.2, -0.15) is 0 Å². The van der Waals surface area contributed by atoms with Crippen LogP contribution in [0.1, 0.15) is 30.6 Å². The lowest BCUT2D eigenvalue weighted by molar-refractivity contribution is -0.142. The summed E-state index contributed by atoms with van der Waals surface area (Å²) in [4.78, 5) is 44.2. The van der Waals surface area contributed by atoms with Crippen LogP contribution >= 0.6 is 11.3 Å². The molecule has 2 atom stereocenters. The third-order valence-electron chi connectivity index (χ3n) is 5.64. The molecule has 4 rings (SSSR count). The lowest BCUT2D eigenvalue weighted by Gasteiger charge is -2.19. The van der Waals surface area contributed by atoms with Crippen molar-refractivity contribution in [2.45, 2.75) is 32.6 Å². The quantitative estimate of drug-likeness (QED) is 0.760. The Kier molecular flexibility index (Phi) is 5.36. The molecule has 2 aliphatic rings. The second-order valence-corrected chi connectivity index (χ2v) is 8.66. The number of carbonyl (C=O) groups is 3. The highest BCUT2D eigenvalue weighted by Crippen LogP contribution is 2.38. The Morgan fingerprint density at radius 1 is 1.17 bits per heavy atom.